The Morgan fingerprint density at radius 1 is 1.20 bits per heavy atom. The second-order valence-electron chi connectivity index (χ2n) is 5.76. The fourth-order valence-electron chi connectivity index (χ4n) is 2.71. The lowest BCUT2D eigenvalue weighted by Crippen LogP contribution is -2.35. The number of hydrogen-bond donors (Lipinski definition) is 0. The molecule has 3 aromatic rings. The smallest absolute Gasteiger partial charge is 0.325 e. The maximum atomic E-state index is 12.3. The Kier molecular flexibility index (Phi) is 4.52. The van der Waals surface area contributed by atoms with Crippen molar-refractivity contribution in [3.8, 4) is 11.3 Å². The van der Waals surface area contributed by atoms with Gasteiger partial charge in [-0.2, -0.15) is 0 Å². The minimum atomic E-state index is -0.490. The van der Waals surface area contributed by atoms with Crippen LogP contribution < -0.4 is 4.90 Å². The predicted molar refractivity (Wildman–Crippen MR) is 95.4 cm³/mol. The molecule has 128 valence electrons. The van der Waals surface area contributed by atoms with E-state index in [4.69, 9.17) is 9.72 Å². The molecule has 0 unspecified atom stereocenters. The van der Waals surface area contributed by atoms with Gasteiger partial charge in [0.15, 0.2) is 0 Å². The normalized spacial score (nSPS) is 10.7. The predicted octanol–water partition coefficient (Wildman–Crippen LogP) is 2.84. The fraction of sp³-hybridized carbons (Fsp3) is 0.211. The van der Waals surface area contributed by atoms with Crippen LogP contribution in [0, 0.1) is 6.92 Å². The van der Waals surface area contributed by atoms with Gasteiger partial charge in [-0.3, -0.25) is 18.9 Å². The summed E-state index contributed by atoms with van der Waals surface area (Å²) in [5, 5.41) is 0. The minimum absolute atomic E-state index is 0.173. The molecular weight excluding hydrogens is 318 g/mol. The number of ether oxygens (including phenoxy) is 1. The van der Waals surface area contributed by atoms with Crippen LogP contribution in [-0.2, 0) is 14.3 Å². The number of amides is 1. The third kappa shape index (κ3) is 3.24. The number of aryl methyl sites for hydroxylation is 1. The van der Waals surface area contributed by atoms with Gasteiger partial charge in [0.05, 0.1) is 7.11 Å². The average Bonchev–Trinajstić information content (AvgIpc) is 2.98. The Bertz CT molecular complexity index is 932. The molecule has 1 aromatic carbocycles. The van der Waals surface area contributed by atoms with Crippen LogP contribution in [-0.4, -0.2) is 34.9 Å². The molecule has 3 rings (SSSR count). The summed E-state index contributed by atoms with van der Waals surface area (Å²) in [6.07, 6.45) is 1.85. The molecule has 0 aliphatic rings. The summed E-state index contributed by atoms with van der Waals surface area (Å²) in [6, 6.07) is 13.5. The summed E-state index contributed by atoms with van der Waals surface area (Å²) in [5.41, 5.74) is 3.29. The van der Waals surface area contributed by atoms with Crippen molar-refractivity contribution in [1.29, 1.82) is 0 Å². The summed E-state index contributed by atoms with van der Waals surface area (Å²) in [7, 11) is 1.30. The molecule has 0 saturated carbocycles. The van der Waals surface area contributed by atoms with Crippen LogP contribution >= 0.6 is 0 Å². The number of imidazole rings is 1. The van der Waals surface area contributed by atoms with E-state index in [1.807, 2.05) is 60.0 Å². The molecule has 6 nitrogen and oxygen atoms in total. The van der Waals surface area contributed by atoms with Gasteiger partial charge in [-0.1, -0.05) is 30.3 Å². The summed E-state index contributed by atoms with van der Waals surface area (Å²) >= 11 is 0. The number of hydrogen-bond acceptors (Lipinski definition) is 4. The molecule has 0 N–H and O–H groups in total. The Morgan fingerprint density at radius 3 is 2.56 bits per heavy atom. The topological polar surface area (TPSA) is 63.9 Å². The molecule has 0 radical (unpaired) electrons. The number of anilines is 1. The third-order valence-corrected chi connectivity index (χ3v) is 3.95. The van der Waals surface area contributed by atoms with Crippen molar-refractivity contribution in [2.75, 3.05) is 18.6 Å². The molecular formula is C19H19N3O3. The second-order valence-corrected chi connectivity index (χ2v) is 5.76. The molecule has 0 aliphatic heterocycles. The number of nitrogens with zero attached hydrogens (tertiary/aromatic N) is 3. The van der Waals surface area contributed by atoms with Crippen molar-refractivity contribution >= 4 is 23.3 Å². The summed E-state index contributed by atoms with van der Waals surface area (Å²) < 4.78 is 6.56. The van der Waals surface area contributed by atoms with Crippen molar-refractivity contribution in [3.05, 3.63) is 54.2 Å². The van der Waals surface area contributed by atoms with Gasteiger partial charge in [0.25, 0.3) is 0 Å². The van der Waals surface area contributed by atoms with Gasteiger partial charge in [0, 0.05) is 18.7 Å². The standard InChI is InChI=1S/C19H19N3O3/c1-13-9-10-21-16(11-13)20-18(15-7-5-4-6-8-15)19(21)22(14(2)23)12-17(24)25-3/h4-11H,12H2,1-3H3. The zero-order valence-electron chi connectivity index (χ0n) is 14.4. The number of carbonyl (C=O) groups excluding carboxylic acids is 2. The fourth-order valence-corrected chi connectivity index (χ4v) is 2.71. The van der Waals surface area contributed by atoms with Crippen LogP contribution in [0.5, 0.6) is 0 Å². The molecule has 0 atom stereocenters. The molecule has 2 aromatic heterocycles. The number of carbonyl (C=O) groups is 2. The molecule has 6 heteroatoms. The third-order valence-electron chi connectivity index (χ3n) is 3.95. The van der Waals surface area contributed by atoms with E-state index < -0.39 is 5.97 Å². The van der Waals surface area contributed by atoms with E-state index in [1.54, 1.807) is 0 Å². The Hall–Kier alpha value is -3.15. The van der Waals surface area contributed by atoms with E-state index in [0.29, 0.717) is 17.2 Å². The van der Waals surface area contributed by atoms with Gasteiger partial charge >= 0.3 is 5.97 Å². The van der Waals surface area contributed by atoms with E-state index in [0.717, 1.165) is 11.1 Å². The Balaban J connectivity index is 2.26. The van der Waals surface area contributed by atoms with Gasteiger partial charge in [-0.15, -0.1) is 0 Å². The first-order valence-electron chi connectivity index (χ1n) is 7.90. The molecule has 0 spiro atoms. The number of rotatable bonds is 4. The molecule has 0 bridgehead atoms. The number of esters is 1. The lowest BCUT2D eigenvalue weighted by atomic mass is 10.1. The average molecular weight is 337 g/mol. The highest BCUT2D eigenvalue weighted by Crippen LogP contribution is 2.32. The van der Waals surface area contributed by atoms with Gasteiger partial charge in [0.1, 0.15) is 23.7 Å². The van der Waals surface area contributed by atoms with E-state index in [1.165, 1.54) is 18.9 Å². The number of methoxy groups -OCH3 is 1. The Morgan fingerprint density at radius 2 is 1.92 bits per heavy atom. The van der Waals surface area contributed by atoms with Crippen LogP contribution in [0.25, 0.3) is 16.9 Å². The summed E-state index contributed by atoms with van der Waals surface area (Å²) in [5.74, 6) is -0.194. The quantitative estimate of drug-likeness (QED) is 0.687. The lowest BCUT2D eigenvalue weighted by Gasteiger charge is -2.20. The van der Waals surface area contributed by atoms with Crippen LogP contribution in [0.15, 0.2) is 48.7 Å². The van der Waals surface area contributed by atoms with E-state index in [9.17, 15) is 9.59 Å². The van der Waals surface area contributed by atoms with Crippen LogP contribution in [0.2, 0.25) is 0 Å². The highest BCUT2D eigenvalue weighted by molar-refractivity contribution is 5.99. The first-order valence-corrected chi connectivity index (χ1v) is 7.90. The van der Waals surface area contributed by atoms with Crippen LogP contribution in [0.1, 0.15) is 12.5 Å². The van der Waals surface area contributed by atoms with Gasteiger partial charge in [0.2, 0.25) is 5.91 Å². The zero-order chi connectivity index (χ0) is 18.0. The molecule has 2 heterocycles. The summed E-state index contributed by atoms with van der Waals surface area (Å²) in [6.45, 7) is 3.23. The van der Waals surface area contributed by atoms with E-state index in [-0.39, 0.29) is 12.5 Å². The Labute approximate surface area is 145 Å². The van der Waals surface area contributed by atoms with Gasteiger partial charge < -0.3 is 4.74 Å². The first-order chi connectivity index (χ1) is 12.0. The number of aromatic nitrogens is 2. The first kappa shape index (κ1) is 16.7. The van der Waals surface area contributed by atoms with Crippen molar-refractivity contribution in [2.24, 2.45) is 0 Å². The minimum Gasteiger partial charge on any atom is -0.468 e. The molecule has 0 aliphatic carbocycles. The molecule has 1 amide bonds. The number of fused-ring (bicyclic) bond motifs is 1. The van der Waals surface area contributed by atoms with Gasteiger partial charge in [-0.25, -0.2) is 4.98 Å². The van der Waals surface area contributed by atoms with E-state index in [2.05, 4.69) is 0 Å². The highest BCUT2D eigenvalue weighted by Gasteiger charge is 2.25. The number of benzene rings is 1. The van der Waals surface area contributed by atoms with Crippen molar-refractivity contribution in [3.63, 3.8) is 0 Å². The second kappa shape index (κ2) is 6.76. The molecule has 0 fully saturated rings. The monoisotopic (exact) mass is 337 g/mol. The SMILES string of the molecule is COC(=O)CN(C(C)=O)c1c(-c2ccccc2)nc2cc(C)ccn12. The van der Waals surface area contributed by atoms with Crippen LogP contribution in [0.4, 0.5) is 5.82 Å². The van der Waals surface area contributed by atoms with Crippen LogP contribution in [0.3, 0.4) is 0 Å². The van der Waals surface area contributed by atoms with Crippen molar-refractivity contribution < 1.29 is 14.3 Å². The maximum absolute atomic E-state index is 12.3. The molecule has 25 heavy (non-hydrogen) atoms. The lowest BCUT2D eigenvalue weighted by molar-refractivity contribution is -0.139. The van der Waals surface area contributed by atoms with Crippen molar-refractivity contribution in [1.82, 2.24) is 9.38 Å². The molecule has 0 saturated heterocycles. The largest absolute Gasteiger partial charge is 0.468 e. The van der Waals surface area contributed by atoms with E-state index >= 15 is 0 Å². The number of pyridine rings is 1. The maximum Gasteiger partial charge on any atom is 0.325 e. The zero-order valence-corrected chi connectivity index (χ0v) is 14.4. The summed E-state index contributed by atoms with van der Waals surface area (Å²) in [4.78, 5) is 30.2. The van der Waals surface area contributed by atoms with Crippen molar-refractivity contribution in [2.45, 2.75) is 13.8 Å². The highest BCUT2D eigenvalue weighted by atomic mass is 16.5. The van der Waals surface area contributed by atoms with Gasteiger partial charge in [-0.05, 0) is 24.6 Å².